The fourth-order valence-corrected chi connectivity index (χ4v) is 2.31. The minimum absolute atomic E-state index is 0.296. The van der Waals surface area contributed by atoms with Gasteiger partial charge in [0.25, 0.3) is 5.91 Å². The molecule has 7 heteroatoms. The smallest absolute Gasteiger partial charge is 0.331 e. The predicted molar refractivity (Wildman–Crippen MR) is 76.8 cm³/mol. The van der Waals surface area contributed by atoms with Crippen molar-refractivity contribution in [1.29, 1.82) is 0 Å². The van der Waals surface area contributed by atoms with Gasteiger partial charge in [-0.1, -0.05) is 42.1 Å². The monoisotopic (exact) mass is 291 g/mol. The number of amides is 1. The Hall–Kier alpha value is -2.28. The molecule has 20 heavy (non-hydrogen) atoms. The number of rotatable bonds is 4. The van der Waals surface area contributed by atoms with Crippen LogP contribution in [0.2, 0.25) is 0 Å². The number of thioether (sulfide) groups is 1. The van der Waals surface area contributed by atoms with E-state index in [2.05, 4.69) is 20.6 Å². The first kappa shape index (κ1) is 14.1. The molecule has 0 aliphatic carbocycles. The number of nitrogens with one attached hydrogen (secondary N) is 2. The Morgan fingerprint density at radius 1 is 1.45 bits per heavy atom. The van der Waals surface area contributed by atoms with Crippen molar-refractivity contribution < 1.29 is 14.3 Å². The second-order valence-electron chi connectivity index (χ2n) is 3.80. The molecule has 0 bridgehead atoms. The average Bonchev–Trinajstić information content (AvgIpc) is 2.80. The molecule has 1 atom stereocenters. The molecule has 0 aromatic heterocycles. The lowest BCUT2D eigenvalue weighted by atomic mass is 10.2. The minimum atomic E-state index is -0.559. The molecule has 0 spiro atoms. The van der Waals surface area contributed by atoms with Gasteiger partial charge in [-0.15, -0.1) is 0 Å². The first-order valence-corrected chi connectivity index (χ1v) is 6.68. The van der Waals surface area contributed by atoms with Crippen LogP contribution in [0.3, 0.4) is 0 Å². The highest BCUT2D eigenvalue weighted by molar-refractivity contribution is 8.05. The predicted octanol–water partition coefficient (Wildman–Crippen LogP) is 0.814. The molecular formula is C13H13N3O3S. The summed E-state index contributed by atoms with van der Waals surface area (Å²) in [6.45, 7) is 0. The highest BCUT2D eigenvalue weighted by Gasteiger charge is 2.27. The van der Waals surface area contributed by atoms with Crippen molar-refractivity contribution in [2.24, 2.45) is 5.10 Å². The van der Waals surface area contributed by atoms with Crippen LogP contribution in [0.25, 0.3) is 0 Å². The minimum Gasteiger partial charge on any atom is -0.466 e. The highest BCUT2D eigenvalue weighted by Crippen LogP contribution is 2.25. The van der Waals surface area contributed by atoms with Gasteiger partial charge in [0.15, 0.2) is 5.50 Å². The van der Waals surface area contributed by atoms with Crippen LogP contribution < -0.4 is 10.7 Å². The summed E-state index contributed by atoms with van der Waals surface area (Å²) in [4.78, 5) is 22.9. The van der Waals surface area contributed by atoms with Crippen LogP contribution in [0.5, 0.6) is 0 Å². The molecule has 1 aliphatic rings. The lowest BCUT2D eigenvalue weighted by Crippen LogP contribution is -2.34. The van der Waals surface area contributed by atoms with Crippen molar-refractivity contribution in [3.63, 3.8) is 0 Å². The van der Waals surface area contributed by atoms with Crippen molar-refractivity contribution in [3.8, 4) is 0 Å². The van der Waals surface area contributed by atoms with Crippen LogP contribution in [0, 0.1) is 0 Å². The summed E-state index contributed by atoms with van der Waals surface area (Å²) in [5.41, 5.74) is 3.33. The Bertz CT molecular complexity index is 557. The second-order valence-corrected chi connectivity index (χ2v) is 4.95. The molecule has 104 valence electrons. The second kappa shape index (κ2) is 6.76. The summed E-state index contributed by atoms with van der Waals surface area (Å²) in [7, 11) is 1.26. The van der Waals surface area contributed by atoms with Gasteiger partial charge < -0.3 is 10.1 Å². The summed E-state index contributed by atoms with van der Waals surface area (Å²) in [5.74, 6) is -0.885. The molecule has 1 amide bonds. The van der Waals surface area contributed by atoms with Gasteiger partial charge in [-0.05, 0) is 5.56 Å². The zero-order chi connectivity index (χ0) is 14.4. The lowest BCUT2D eigenvalue weighted by Gasteiger charge is -2.06. The van der Waals surface area contributed by atoms with E-state index in [9.17, 15) is 9.59 Å². The number of esters is 1. The maximum absolute atomic E-state index is 11.6. The zero-order valence-electron chi connectivity index (χ0n) is 10.7. The van der Waals surface area contributed by atoms with Crippen molar-refractivity contribution in [1.82, 2.24) is 10.7 Å². The third kappa shape index (κ3) is 3.86. The van der Waals surface area contributed by atoms with Crippen molar-refractivity contribution in [2.45, 2.75) is 5.50 Å². The van der Waals surface area contributed by atoms with Crippen LogP contribution in [0.4, 0.5) is 0 Å². The first-order valence-electron chi connectivity index (χ1n) is 5.80. The van der Waals surface area contributed by atoms with Crippen molar-refractivity contribution >= 4 is 29.9 Å². The van der Waals surface area contributed by atoms with Gasteiger partial charge in [0, 0.05) is 6.08 Å². The number of hydrazone groups is 1. The highest BCUT2D eigenvalue weighted by atomic mass is 32.2. The van der Waals surface area contributed by atoms with Gasteiger partial charge in [-0.3, -0.25) is 10.2 Å². The number of benzene rings is 1. The Labute approximate surface area is 120 Å². The van der Waals surface area contributed by atoms with E-state index in [1.54, 1.807) is 6.21 Å². The largest absolute Gasteiger partial charge is 0.466 e. The Morgan fingerprint density at radius 2 is 2.20 bits per heavy atom. The summed E-state index contributed by atoms with van der Waals surface area (Å²) in [5, 5.41) is 6.68. The number of nitrogens with zero attached hydrogens (tertiary/aromatic N) is 1. The van der Waals surface area contributed by atoms with E-state index in [-0.39, 0.29) is 5.91 Å². The molecule has 0 radical (unpaired) electrons. The summed E-state index contributed by atoms with van der Waals surface area (Å²) in [6, 6.07) is 9.55. The summed E-state index contributed by atoms with van der Waals surface area (Å²) >= 11 is 1.17. The molecule has 1 aromatic carbocycles. The van der Waals surface area contributed by atoms with Crippen molar-refractivity contribution in [3.05, 3.63) is 46.9 Å². The molecule has 1 aromatic rings. The molecule has 1 heterocycles. The molecule has 6 nitrogen and oxygen atoms in total. The van der Waals surface area contributed by atoms with Gasteiger partial charge in [0.2, 0.25) is 0 Å². The van der Waals surface area contributed by atoms with Crippen LogP contribution in [0.1, 0.15) is 5.56 Å². The van der Waals surface area contributed by atoms with E-state index < -0.39 is 11.5 Å². The third-order valence-electron chi connectivity index (χ3n) is 2.39. The van der Waals surface area contributed by atoms with E-state index in [0.29, 0.717) is 4.91 Å². The van der Waals surface area contributed by atoms with Gasteiger partial charge in [-0.2, -0.15) is 5.10 Å². The number of carbonyl (C=O) groups excluding carboxylic acids is 2. The van der Waals surface area contributed by atoms with Gasteiger partial charge >= 0.3 is 5.97 Å². The molecule has 0 unspecified atom stereocenters. The van der Waals surface area contributed by atoms with Crippen LogP contribution in [0.15, 0.2) is 46.4 Å². The van der Waals surface area contributed by atoms with Crippen LogP contribution in [-0.2, 0) is 14.3 Å². The molecule has 0 saturated carbocycles. The molecule has 2 N–H and O–H groups in total. The Balaban J connectivity index is 1.90. The van der Waals surface area contributed by atoms with E-state index in [4.69, 9.17) is 0 Å². The Kier molecular flexibility index (Phi) is 4.78. The van der Waals surface area contributed by atoms with E-state index in [0.717, 1.165) is 11.6 Å². The molecular weight excluding hydrogens is 278 g/mol. The molecule has 1 saturated heterocycles. The first-order chi connectivity index (χ1) is 9.69. The normalized spacial score (nSPS) is 20.1. The molecule has 1 fully saturated rings. The van der Waals surface area contributed by atoms with E-state index in [1.165, 1.54) is 18.9 Å². The van der Waals surface area contributed by atoms with E-state index in [1.807, 2.05) is 30.3 Å². The SMILES string of the molecule is COC(=O)/C=C1\S[C@@H](N/N=C\c2ccccc2)NC1=O. The fourth-order valence-electron chi connectivity index (χ4n) is 1.44. The number of carbonyl (C=O) groups is 2. The van der Waals surface area contributed by atoms with Crippen molar-refractivity contribution in [2.75, 3.05) is 7.11 Å². The topological polar surface area (TPSA) is 79.8 Å². The van der Waals surface area contributed by atoms with Gasteiger partial charge in [-0.25, -0.2) is 4.79 Å². The number of hydrogen-bond donors (Lipinski definition) is 2. The number of hydrogen-bond acceptors (Lipinski definition) is 6. The number of ether oxygens (including phenoxy) is 1. The van der Waals surface area contributed by atoms with E-state index >= 15 is 0 Å². The summed E-state index contributed by atoms with van der Waals surface area (Å²) in [6.07, 6.45) is 2.80. The van der Waals surface area contributed by atoms with Gasteiger partial charge in [0.1, 0.15) is 0 Å². The maximum Gasteiger partial charge on any atom is 0.331 e. The van der Waals surface area contributed by atoms with Crippen LogP contribution in [-0.4, -0.2) is 30.7 Å². The number of methoxy groups -OCH3 is 1. The summed E-state index contributed by atoms with van der Waals surface area (Å²) < 4.78 is 4.48. The fraction of sp³-hybridized carbons (Fsp3) is 0.154. The van der Waals surface area contributed by atoms with Crippen LogP contribution >= 0.6 is 11.8 Å². The molecule has 2 rings (SSSR count). The standard InChI is InChI=1S/C13H13N3O3S/c1-19-11(17)7-10-12(18)15-13(20-10)16-14-8-9-5-3-2-4-6-9/h2-8,13,16H,1H3,(H,15,18)/b10-7-,14-8-/t13-/m1/s1. The zero-order valence-corrected chi connectivity index (χ0v) is 11.5. The molecule has 1 aliphatic heterocycles. The average molecular weight is 291 g/mol. The lowest BCUT2D eigenvalue weighted by molar-refractivity contribution is -0.135. The van der Waals surface area contributed by atoms with Gasteiger partial charge in [0.05, 0.1) is 18.2 Å². The Morgan fingerprint density at radius 3 is 2.90 bits per heavy atom. The quantitative estimate of drug-likeness (QED) is 0.371. The third-order valence-corrected chi connectivity index (χ3v) is 3.40. The maximum atomic E-state index is 11.6.